The summed E-state index contributed by atoms with van der Waals surface area (Å²) in [6, 6.07) is 13.1. The molecule has 1 atom stereocenters. The molecule has 7 heteroatoms. The minimum Gasteiger partial charge on any atom is -0.438 e. The fraction of sp³-hybridized carbons (Fsp3) is 0.238. The van der Waals surface area contributed by atoms with E-state index in [0.29, 0.717) is 17.8 Å². The predicted octanol–water partition coefficient (Wildman–Crippen LogP) is 4.48. The Morgan fingerprint density at radius 3 is 2.93 bits per heavy atom. The van der Waals surface area contributed by atoms with Crippen LogP contribution in [-0.4, -0.2) is 25.2 Å². The van der Waals surface area contributed by atoms with E-state index in [9.17, 15) is 9.18 Å². The van der Waals surface area contributed by atoms with E-state index in [-0.39, 0.29) is 23.1 Å². The van der Waals surface area contributed by atoms with Crippen LogP contribution in [0.5, 0.6) is 0 Å². The van der Waals surface area contributed by atoms with Crippen molar-refractivity contribution in [1.82, 2.24) is 5.32 Å². The average Bonchev–Trinajstić information content (AvgIpc) is 3.19. The van der Waals surface area contributed by atoms with Gasteiger partial charge < -0.3 is 14.5 Å². The van der Waals surface area contributed by atoms with Crippen molar-refractivity contribution >= 4 is 38.5 Å². The maximum absolute atomic E-state index is 13.5. The van der Waals surface area contributed by atoms with Crippen LogP contribution >= 0.6 is 15.9 Å². The Hall–Kier alpha value is -2.51. The second-order valence-electron chi connectivity index (χ2n) is 6.58. The minimum absolute atomic E-state index is 0.0269. The molecule has 0 aliphatic carbocycles. The molecule has 1 saturated heterocycles. The highest BCUT2D eigenvalue weighted by Crippen LogP contribution is 2.20. The molecule has 2 aromatic carbocycles. The van der Waals surface area contributed by atoms with Gasteiger partial charge in [-0.2, -0.15) is 0 Å². The van der Waals surface area contributed by atoms with Crippen LogP contribution in [0.25, 0.3) is 11.0 Å². The molecule has 0 bridgehead atoms. The number of ether oxygens (including phenoxy) is 1. The van der Waals surface area contributed by atoms with Crippen molar-refractivity contribution in [3.05, 3.63) is 69.9 Å². The molecule has 3 aromatic rings. The van der Waals surface area contributed by atoms with Crippen molar-refractivity contribution < 1.29 is 18.3 Å². The third-order valence-electron chi connectivity index (χ3n) is 4.51. The molecule has 2 heterocycles. The summed E-state index contributed by atoms with van der Waals surface area (Å²) >= 11 is 3.43. The van der Waals surface area contributed by atoms with Crippen LogP contribution in [-0.2, 0) is 4.74 Å². The van der Waals surface area contributed by atoms with Gasteiger partial charge in [-0.05, 0) is 55.3 Å². The van der Waals surface area contributed by atoms with Gasteiger partial charge in [-0.25, -0.2) is 9.38 Å². The lowest BCUT2D eigenvalue weighted by molar-refractivity contribution is 0.0854. The fourth-order valence-corrected chi connectivity index (χ4v) is 3.50. The molecule has 1 aliphatic rings. The first-order chi connectivity index (χ1) is 13.6. The van der Waals surface area contributed by atoms with Gasteiger partial charge in [0, 0.05) is 23.0 Å². The number of hydrogen-bond donors (Lipinski definition) is 1. The molecule has 5 nitrogen and oxygen atoms in total. The number of nitrogens with one attached hydrogen (secondary N) is 1. The van der Waals surface area contributed by atoms with Gasteiger partial charge in [0.25, 0.3) is 5.91 Å². The summed E-state index contributed by atoms with van der Waals surface area (Å²) in [6.45, 7) is 1.15. The monoisotopic (exact) mass is 444 g/mol. The molecule has 1 aliphatic heterocycles. The number of amides is 1. The number of hydrogen-bond acceptors (Lipinski definition) is 4. The smallest absolute Gasteiger partial charge is 0.256 e. The van der Waals surface area contributed by atoms with Crippen LogP contribution < -0.4 is 10.9 Å². The van der Waals surface area contributed by atoms with Gasteiger partial charge in [0.05, 0.1) is 11.8 Å². The number of fused-ring (bicyclic) bond motifs is 1. The summed E-state index contributed by atoms with van der Waals surface area (Å²) in [5.41, 5.74) is 1.36. The first-order valence-electron chi connectivity index (χ1n) is 9.02. The highest BCUT2D eigenvalue weighted by Gasteiger charge is 2.18. The van der Waals surface area contributed by atoms with E-state index in [1.165, 1.54) is 12.1 Å². The highest BCUT2D eigenvalue weighted by atomic mass is 79.9. The number of nitrogens with zero attached hydrogens (tertiary/aromatic N) is 1. The van der Waals surface area contributed by atoms with Crippen molar-refractivity contribution in [2.24, 2.45) is 4.99 Å². The Kier molecular flexibility index (Phi) is 5.54. The first kappa shape index (κ1) is 18.8. The molecule has 0 spiro atoms. The number of benzene rings is 2. The summed E-state index contributed by atoms with van der Waals surface area (Å²) < 4.78 is 25.8. The number of halogens is 2. The molecule has 1 unspecified atom stereocenters. The molecule has 1 fully saturated rings. The quantitative estimate of drug-likeness (QED) is 0.645. The predicted molar refractivity (Wildman–Crippen MR) is 107 cm³/mol. The molecular weight excluding hydrogens is 427 g/mol. The zero-order valence-electron chi connectivity index (χ0n) is 15.0. The Morgan fingerprint density at radius 1 is 1.25 bits per heavy atom. The molecule has 1 N–H and O–H groups in total. The van der Waals surface area contributed by atoms with Crippen LogP contribution in [0, 0.1) is 5.82 Å². The molecule has 144 valence electrons. The molecule has 1 aromatic heterocycles. The molecule has 28 heavy (non-hydrogen) atoms. The normalized spacial score (nSPS) is 17.2. The van der Waals surface area contributed by atoms with Gasteiger partial charge in [-0.1, -0.05) is 22.0 Å². The molecule has 0 saturated carbocycles. The zero-order valence-corrected chi connectivity index (χ0v) is 16.5. The van der Waals surface area contributed by atoms with Gasteiger partial charge >= 0.3 is 0 Å². The maximum Gasteiger partial charge on any atom is 0.256 e. The molecule has 0 radical (unpaired) electrons. The maximum atomic E-state index is 13.5. The fourth-order valence-electron chi connectivity index (χ4n) is 3.12. The second kappa shape index (κ2) is 8.24. The van der Waals surface area contributed by atoms with E-state index < -0.39 is 5.82 Å². The van der Waals surface area contributed by atoms with Gasteiger partial charge in [-0.3, -0.25) is 4.79 Å². The third-order valence-corrected chi connectivity index (χ3v) is 5.00. The van der Waals surface area contributed by atoms with Crippen LogP contribution in [0.1, 0.15) is 23.2 Å². The van der Waals surface area contributed by atoms with Crippen LogP contribution in [0.4, 0.5) is 10.1 Å². The minimum atomic E-state index is -0.407. The first-order valence-corrected chi connectivity index (χ1v) is 9.81. The summed E-state index contributed by atoms with van der Waals surface area (Å²) in [4.78, 5) is 17.2. The zero-order chi connectivity index (χ0) is 19.5. The van der Waals surface area contributed by atoms with E-state index in [1.54, 1.807) is 24.3 Å². The lowest BCUT2D eigenvalue weighted by atomic mass is 10.1. The molecule has 1 amide bonds. The topological polar surface area (TPSA) is 63.8 Å². The van der Waals surface area contributed by atoms with E-state index in [2.05, 4.69) is 26.2 Å². The standard InChI is InChI=1S/C21H18BrFN2O3/c22-14-6-7-19-13(9-14)10-18(20(26)24-12-17-5-2-8-27-17)21(28-19)25-16-4-1-3-15(23)11-16/h1,3-4,6-7,9-11,17H,2,5,8,12H2,(H,24,26). The molecule has 4 rings (SSSR count). The summed E-state index contributed by atoms with van der Waals surface area (Å²) in [5, 5.41) is 3.65. The summed E-state index contributed by atoms with van der Waals surface area (Å²) in [5.74, 6) is -0.716. The van der Waals surface area contributed by atoms with Gasteiger partial charge in [0.15, 0.2) is 0 Å². The SMILES string of the molecule is O=C(NCC1CCCO1)c1cc2cc(Br)ccc2oc1=Nc1cccc(F)c1. The van der Waals surface area contributed by atoms with Crippen molar-refractivity contribution in [3.63, 3.8) is 0 Å². The van der Waals surface area contributed by atoms with E-state index in [4.69, 9.17) is 9.15 Å². The number of carbonyl (C=O) groups excluding carboxylic acids is 1. The van der Waals surface area contributed by atoms with Gasteiger partial charge in [0.2, 0.25) is 5.55 Å². The second-order valence-corrected chi connectivity index (χ2v) is 7.50. The lowest BCUT2D eigenvalue weighted by Gasteiger charge is -2.11. The van der Waals surface area contributed by atoms with E-state index >= 15 is 0 Å². The Balaban J connectivity index is 1.76. The van der Waals surface area contributed by atoms with Gasteiger partial charge in [0.1, 0.15) is 17.0 Å². The van der Waals surface area contributed by atoms with Crippen molar-refractivity contribution in [3.8, 4) is 0 Å². The third kappa shape index (κ3) is 4.31. The van der Waals surface area contributed by atoms with Crippen LogP contribution in [0.15, 0.2) is 62.4 Å². The van der Waals surface area contributed by atoms with Gasteiger partial charge in [-0.15, -0.1) is 0 Å². The van der Waals surface area contributed by atoms with Crippen LogP contribution in [0.2, 0.25) is 0 Å². The Morgan fingerprint density at radius 2 is 2.14 bits per heavy atom. The number of rotatable bonds is 4. The molecular formula is C21H18BrFN2O3. The van der Waals surface area contributed by atoms with Crippen molar-refractivity contribution in [2.45, 2.75) is 18.9 Å². The Labute approximate surface area is 169 Å². The van der Waals surface area contributed by atoms with Crippen molar-refractivity contribution in [1.29, 1.82) is 0 Å². The van der Waals surface area contributed by atoms with Crippen molar-refractivity contribution in [2.75, 3.05) is 13.2 Å². The largest absolute Gasteiger partial charge is 0.438 e. The van der Waals surface area contributed by atoms with E-state index in [1.807, 2.05) is 12.1 Å². The Bertz CT molecular complexity index is 1090. The lowest BCUT2D eigenvalue weighted by Crippen LogP contribution is -2.34. The van der Waals surface area contributed by atoms with Crippen LogP contribution in [0.3, 0.4) is 0 Å². The highest BCUT2D eigenvalue weighted by molar-refractivity contribution is 9.10. The summed E-state index contributed by atoms with van der Waals surface area (Å²) in [7, 11) is 0. The number of carbonyl (C=O) groups is 1. The average molecular weight is 445 g/mol. The van der Waals surface area contributed by atoms with E-state index in [0.717, 1.165) is 29.3 Å². The summed E-state index contributed by atoms with van der Waals surface area (Å²) in [6.07, 6.45) is 1.95.